The molecule has 0 spiro atoms. The fourth-order valence-corrected chi connectivity index (χ4v) is 2.91. The lowest BCUT2D eigenvalue weighted by Crippen LogP contribution is -2.45. The summed E-state index contributed by atoms with van der Waals surface area (Å²) < 4.78 is 5.40. The first-order valence-electron chi connectivity index (χ1n) is 8.05. The smallest absolute Gasteiger partial charge is 0.151 e. The molecule has 0 radical (unpaired) electrons. The van der Waals surface area contributed by atoms with E-state index >= 15 is 0 Å². The third kappa shape index (κ3) is 3.60. The summed E-state index contributed by atoms with van der Waals surface area (Å²) in [5.41, 5.74) is 0.563. The summed E-state index contributed by atoms with van der Waals surface area (Å²) in [6.07, 6.45) is 7.32. The van der Waals surface area contributed by atoms with Crippen LogP contribution in [0.4, 0.5) is 0 Å². The van der Waals surface area contributed by atoms with Gasteiger partial charge >= 0.3 is 0 Å². The van der Waals surface area contributed by atoms with Gasteiger partial charge in [0.05, 0.1) is 7.11 Å². The topological polar surface area (TPSA) is 49.7 Å². The Bertz CT molecular complexity index is 533. The predicted molar refractivity (Wildman–Crippen MR) is 89.2 cm³/mol. The van der Waals surface area contributed by atoms with Crippen molar-refractivity contribution in [1.82, 2.24) is 0 Å². The zero-order valence-electron chi connectivity index (χ0n) is 13.5. The van der Waals surface area contributed by atoms with Crippen molar-refractivity contribution in [2.75, 3.05) is 7.11 Å². The minimum absolute atomic E-state index is 0.442. The van der Waals surface area contributed by atoms with Gasteiger partial charge in [0.2, 0.25) is 0 Å². The van der Waals surface area contributed by atoms with Gasteiger partial charge in [-0.25, -0.2) is 0 Å². The third-order valence-electron chi connectivity index (χ3n) is 4.28. The Kier molecular flexibility index (Phi) is 5.81. The highest BCUT2D eigenvalue weighted by Gasteiger charge is 2.41. The van der Waals surface area contributed by atoms with Crippen molar-refractivity contribution in [3.05, 3.63) is 53.8 Å². The summed E-state index contributed by atoms with van der Waals surface area (Å²) in [5, 5.41) is 21.3. The van der Waals surface area contributed by atoms with Crippen LogP contribution in [-0.4, -0.2) is 29.0 Å². The lowest BCUT2D eigenvalue weighted by atomic mass is 9.81. The normalized spacial score (nSPS) is 24.6. The summed E-state index contributed by atoms with van der Waals surface area (Å²) in [6.45, 7) is 2.15. The van der Waals surface area contributed by atoms with Crippen LogP contribution in [0.15, 0.2) is 48.2 Å². The zero-order chi connectivity index (χ0) is 16.0. The summed E-state index contributed by atoms with van der Waals surface area (Å²) in [5.74, 6) is 0.442. The van der Waals surface area contributed by atoms with Gasteiger partial charge in [-0.15, -0.1) is 0 Å². The molecule has 0 saturated heterocycles. The molecule has 0 aliphatic heterocycles. The van der Waals surface area contributed by atoms with Crippen LogP contribution < -0.4 is 0 Å². The maximum atomic E-state index is 10.9. The number of aliphatic hydroxyl groups excluding tert-OH is 1. The van der Waals surface area contributed by atoms with E-state index in [2.05, 4.69) is 6.92 Å². The molecule has 0 amide bonds. The standard InChI is InChI=1S/C19H26O3/c1-3-4-5-9-12-19(21)17(20)13-16(14-18(19)22-2)15-10-7-6-8-11-15/h6-8,10-11,13-14,17,20-21H,3-5,9,12H2,1-2H3. The number of allylic oxidation sites excluding steroid dienone is 2. The van der Waals surface area contributed by atoms with E-state index in [9.17, 15) is 10.2 Å². The Balaban J connectivity index is 2.19. The van der Waals surface area contributed by atoms with E-state index in [1.807, 2.05) is 36.4 Å². The van der Waals surface area contributed by atoms with Crippen molar-refractivity contribution in [1.29, 1.82) is 0 Å². The Morgan fingerprint density at radius 2 is 1.86 bits per heavy atom. The third-order valence-corrected chi connectivity index (χ3v) is 4.28. The second kappa shape index (κ2) is 7.61. The molecule has 0 saturated carbocycles. The van der Waals surface area contributed by atoms with E-state index in [4.69, 9.17) is 4.74 Å². The van der Waals surface area contributed by atoms with Gasteiger partial charge < -0.3 is 14.9 Å². The van der Waals surface area contributed by atoms with Gasteiger partial charge in [0, 0.05) is 0 Å². The molecule has 2 atom stereocenters. The van der Waals surface area contributed by atoms with Crippen molar-refractivity contribution >= 4 is 5.57 Å². The molecule has 3 nitrogen and oxygen atoms in total. The summed E-state index contributed by atoms with van der Waals surface area (Å²) in [6, 6.07) is 9.82. The number of unbranched alkanes of at least 4 members (excludes halogenated alkanes) is 3. The van der Waals surface area contributed by atoms with Crippen LogP contribution in [0.3, 0.4) is 0 Å². The van der Waals surface area contributed by atoms with Gasteiger partial charge in [0.15, 0.2) is 5.60 Å². The van der Waals surface area contributed by atoms with E-state index in [1.165, 1.54) is 0 Å². The first-order chi connectivity index (χ1) is 10.6. The molecule has 1 aliphatic carbocycles. The largest absolute Gasteiger partial charge is 0.498 e. The Labute approximate surface area is 132 Å². The fraction of sp³-hybridized carbons (Fsp3) is 0.474. The van der Waals surface area contributed by atoms with Crippen LogP contribution in [0.25, 0.3) is 5.57 Å². The van der Waals surface area contributed by atoms with Crippen molar-refractivity contribution in [3.63, 3.8) is 0 Å². The second-order valence-electron chi connectivity index (χ2n) is 5.88. The van der Waals surface area contributed by atoms with Crippen LogP contribution in [0.1, 0.15) is 44.6 Å². The highest BCUT2D eigenvalue weighted by Crippen LogP contribution is 2.36. The molecule has 1 aromatic rings. The number of aliphatic hydroxyl groups is 2. The molecule has 0 heterocycles. The number of benzene rings is 1. The minimum atomic E-state index is -1.32. The van der Waals surface area contributed by atoms with E-state index in [-0.39, 0.29) is 0 Å². The molecule has 1 aromatic carbocycles. The maximum absolute atomic E-state index is 10.9. The first-order valence-corrected chi connectivity index (χ1v) is 8.05. The molecule has 22 heavy (non-hydrogen) atoms. The predicted octanol–water partition coefficient (Wildman–Crippen LogP) is 3.68. The van der Waals surface area contributed by atoms with E-state index in [1.54, 1.807) is 13.2 Å². The van der Waals surface area contributed by atoms with Crippen molar-refractivity contribution < 1.29 is 14.9 Å². The Hall–Kier alpha value is -1.58. The van der Waals surface area contributed by atoms with Gasteiger partial charge in [-0.3, -0.25) is 0 Å². The molecule has 2 unspecified atom stereocenters. The van der Waals surface area contributed by atoms with E-state index < -0.39 is 11.7 Å². The van der Waals surface area contributed by atoms with Crippen LogP contribution >= 0.6 is 0 Å². The SMILES string of the molecule is CCCCCCC1(O)C(OC)=CC(c2ccccc2)=CC1O. The average molecular weight is 302 g/mol. The molecule has 1 aliphatic rings. The molecule has 0 fully saturated rings. The molecule has 0 aromatic heterocycles. The number of rotatable bonds is 7. The van der Waals surface area contributed by atoms with Gasteiger partial charge in [0.25, 0.3) is 0 Å². The van der Waals surface area contributed by atoms with E-state index in [0.29, 0.717) is 12.2 Å². The van der Waals surface area contributed by atoms with Crippen LogP contribution in [0, 0.1) is 0 Å². The number of hydrogen-bond acceptors (Lipinski definition) is 3. The summed E-state index contributed by atoms with van der Waals surface area (Å²) in [7, 11) is 1.55. The van der Waals surface area contributed by atoms with Gasteiger partial charge in [-0.1, -0.05) is 56.5 Å². The lowest BCUT2D eigenvalue weighted by molar-refractivity contribution is -0.0641. The Morgan fingerprint density at radius 3 is 2.50 bits per heavy atom. The molecule has 2 rings (SSSR count). The van der Waals surface area contributed by atoms with E-state index in [0.717, 1.165) is 36.8 Å². The van der Waals surface area contributed by atoms with Crippen molar-refractivity contribution in [3.8, 4) is 0 Å². The highest BCUT2D eigenvalue weighted by atomic mass is 16.5. The summed E-state index contributed by atoms with van der Waals surface area (Å²) in [4.78, 5) is 0. The molecule has 3 heteroatoms. The quantitative estimate of drug-likeness (QED) is 0.755. The zero-order valence-corrected chi connectivity index (χ0v) is 13.5. The van der Waals surface area contributed by atoms with Crippen molar-refractivity contribution in [2.45, 2.75) is 50.7 Å². The number of hydrogen-bond donors (Lipinski definition) is 2. The maximum Gasteiger partial charge on any atom is 0.151 e. The number of ether oxygens (including phenoxy) is 1. The average Bonchev–Trinajstić information content (AvgIpc) is 2.55. The van der Waals surface area contributed by atoms with Crippen molar-refractivity contribution in [2.24, 2.45) is 0 Å². The monoisotopic (exact) mass is 302 g/mol. The van der Waals surface area contributed by atoms with Crippen LogP contribution in [-0.2, 0) is 4.74 Å². The molecule has 2 N–H and O–H groups in total. The molecular formula is C19H26O3. The second-order valence-corrected chi connectivity index (χ2v) is 5.88. The Morgan fingerprint density at radius 1 is 1.14 bits per heavy atom. The highest BCUT2D eigenvalue weighted by molar-refractivity contribution is 5.76. The molecular weight excluding hydrogens is 276 g/mol. The van der Waals surface area contributed by atoms with Gasteiger partial charge in [-0.2, -0.15) is 0 Å². The molecule has 0 bridgehead atoms. The van der Waals surface area contributed by atoms with Gasteiger partial charge in [-0.05, 0) is 36.1 Å². The van der Waals surface area contributed by atoms with Crippen LogP contribution in [0.5, 0.6) is 0 Å². The van der Waals surface area contributed by atoms with Crippen LogP contribution in [0.2, 0.25) is 0 Å². The lowest BCUT2D eigenvalue weighted by Gasteiger charge is -2.36. The minimum Gasteiger partial charge on any atom is -0.498 e. The van der Waals surface area contributed by atoms with Gasteiger partial charge in [0.1, 0.15) is 11.9 Å². The first kappa shape index (κ1) is 16.8. The molecule has 120 valence electrons. The fourth-order valence-electron chi connectivity index (χ4n) is 2.91. The number of methoxy groups -OCH3 is 1. The summed E-state index contributed by atoms with van der Waals surface area (Å²) >= 11 is 0.